The maximum atomic E-state index is 11.0. The number of aliphatic hydroxyl groups is 1. The van der Waals surface area contributed by atoms with Crippen LogP contribution in [0.1, 0.15) is 143 Å². The molecule has 0 radical (unpaired) electrons. The first-order chi connectivity index (χ1) is 14.4. The number of carbonyl (C=O) groups is 1. The van der Waals surface area contributed by atoms with E-state index in [9.17, 15) is 9.90 Å². The van der Waals surface area contributed by atoms with Crippen molar-refractivity contribution in [1.82, 2.24) is 0 Å². The predicted molar refractivity (Wildman–Crippen MR) is 130 cm³/mol. The number of hydrogen-bond acceptors (Lipinski definition) is 2. The van der Waals surface area contributed by atoms with Gasteiger partial charge in [0.05, 0.1) is 12.0 Å². The van der Waals surface area contributed by atoms with E-state index in [4.69, 9.17) is 5.11 Å². The van der Waals surface area contributed by atoms with E-state index in [0.717, 1.165) is 6.42 Å². The number of aliphatic carboxylic acids is 1. The van der Waals surface area contributed by atoms with Gasteiger partial charge in [0.15, 0.2) is 0 Å². The van der Waals surface area contributed by atoms with E-state index in [1.165, 1.54) is 109 Å². The van der Waals surface area contributed by atoms with E-state index >= 15 is 0 Å². The van der Waals surface area contributed by atoms with Gasteiger partial charge in [0.25, 0.3) is 0 Å². The highest BCUT2D eigenvalue weighted by molar-refractivity contribution is 5.70. The Balaban J connectivity index is 3.40. The molecule has 3 heteroatoms. The van der Waals surface area contributed by atoms with E-state index in [1.807, 2.05) is 6.92 Å². The minimum atomic E-state index is -0.903. The Hall–Kier alpha value is -0.570. The zero-order valence-corrected chi connectivity index (χ0v) is 20.8. The first kappa shape index (κ1) is 29.4. The van der Waals surface area contributed by atoms with Crippen LogP contribution in [-0.4, -0.2) is 22.3 Å². The van der Waals surface area contributed by atoms with Crippen LogP contribution in [-0.2, 0) is 4.79 Å². The van der Waals surface area contributed by atoms with Crippen molar-refractivity contribution in [2.45, 2.75) is 149 Å². The summed E-state index contributed by atoms with van der Waals surface area (Å²) in [6.45, 7) is 8.10. The second-order valence-electron chi connectivity index (χ2n) is 10.0. The smallest absolute Gasteiger partial charge is 0.308 e. The van der Waals surface area contributed by atoms with E-state index in [0.29, 0.717) is 5.92 Å². The summed E-state index contributed by atoms with van der Waals surface area (Å²) in [5.74, 6) is -0.975. The van der Waals surface area contributed by atoms with E-state index in [-0.39, 0.29) is 5.92 Å². The highest BCUT2D eigenvalue weighted by Gasteiger charge is 2.27. The molecular weight excluding hydrogens is 372 g/mol. The molecule has 0 saturated carbocycles. The molecular formula is C27H54O3. The van der Waals surface area contributed by atoms with Crippen molar-refractivity contribution in [2.24, 2.45) is 17.8 Å². The number of hydrogen-bond donors (Lipinski definition) is 2. The maximum Gasteiger partial charge on any atom is 0.308 e. The van der Waals surface area contributed by atoms with Gasteiger partial charge < -0.3 is 10.2 Å². The zero-order chi connectivity index (χ0) is 22.6. The fraction of sp³-hybridized carbons (Fsp3) is 0.963. The van der Waals surface area contributed by atoms with Gasteiger partial charge in [-0.25, -0.2) is 0 Å². The lowest BCUT2D eigenvalue weighted by molar-refractivity contribution is -0.146. The predicted octanol–water partition coefficient (Wildman–Crippen LogP) is 8.38. The summed E-state index contributed by atoms with van der Waals surface area (Å²) in [7, 11) is 0. The molecule has 0 aromatic carbocycles. The maximum absolute atomic E-state index is 11.0. The highest BCUT2D eigenvalue weighted by atomic mass is 16.4. The Kier molecular flexibility index (Phi) is 20.0. The molecule has 0 saturated heterocycles. The minimum absolute atomic E-state index is 0.0483. The molecule has 0 rings (SSSR count). The Labute approximate surface area is 188 Å². The molecule has 0 spiro atoms. The fourth-order valence-electron chi connectivity index (χ4n) is 4.57. The lowest BCUT2D eigenvalue weighted by Gasteiger charge is -2.24. The number of carboxylic acids is 1. The lowest BCUT2D eigenvalue weighted by atomic mass is 9.85. The van der Waals surface area contributed by atoms with Crippen LogP contribution in [0.3, 0.4) is 0 Å². The number of rotatable bonds is 22. The van der Waals surface area contributed by atoms with Gasteiger partial charge >= 0.3 is 5.97 Å². The summed E-state index contributed by atoms with van der Waals surface area (Å²) in [6.07, 6.45) is 23.7. The van der Waals surface area contributed by atoms with Crippen molar-refractivity contribution in [2.75, 3.05) is 0 Å². The van der Waals surface area contributed by atoms with Gasteiger partial charge in [-0.3, -0.25) is 4.79 Å². The molecule has 30 heavy (non-hydrogen) atoms. The first-order valence-electron chi connectivity index (χ1n) is 13.3. The molecule has 0 aromatic heterocycles. The molecule has 0 fully saturated rings. The standard InChI is InChI=1S/C27H54O3/c1-5-6-7-8-9-10-11-12-13-14-15-16-17-18-19-20-21-23(2)22-24(3)26(28)25(4)27(29)30/h23-26,28H,5-22H2,1-4H3,(H,29,30)/t23-,24-,25-,26-/m0/s1. The molecule has 0 amide bonds. The van der Waals surface area contributed by atoms with Crippen molar-refractivity contribution in [3.8, 4) is 0 Å². The monoisotopic (exact) mass is 426 g/mol. The third-order valence-electron chi connectivity index (χ3n) is 6.81. The highest BCUT2D eigenvalue weighted by Crippen LogP contribution is 2.24. The zero-order valence-electron chi connectivity index (χ0n) is 20.8. The second kappa shape index (κ2) is 20.3. The third-order valence-corrected chi connectivity index (χ3v) is 6.81. The number of aliphatic hydroxyl groups excluding tert-OH is 1. The largest absolute Gasteiger partial charge is 0.481 e. The van der Waals surface area contributed by atoms with Crippen molar-refractivity contribution in [1.29, 1.82) is 0 Å². The molecule has 0 aliphatic heterocycles. The SMILES string of the molecule is CCCCCCCCCCCCCCCCCC[C@H](C)C[C@H](C)[C@H](O)[C@H](C)C(=O)O. The summed E-state index contributed by atoms with van der Waals surface area (Å²) in [4.78, 5) is 11.0. The van der Waals surface area contributed by atoms with Gasteiger partial charge in [0.1, 0.15) is 0 Å². The lowest BCUT2D eigenvalue weighted by Crippen LogP contribution is -2.32. The Bertz CT molecular complexity index is 382. The minimum Gasteiger partial charge on any atom is -0.481 e. The van der Waals surface area contributed by atoms with Crippen LogP contribution in [0.2, 0.25) is 0 Å². The Morgan fingerprint density at radius 1 is 0.667 bits per heavy atom. The Morgan fingerprint density at radius 2 is 1.03 bits per heavy atom. The molecule has 0 aliphatic rings. The van der Waals surface area contributed by atoms with Gasteiger partial charge in [-0.15, -0.1) is 0 Å². The van der Waals surface area contributed by atoms with E-state index in [2.05, 4.69) is 13.8 Å². The topological polar surface area (TPSA) is 57.5 Å². The molecule has 0 heterocycles. The van der Waals surface area contributed by atoms with Crippen LogP contribution in [0, 0.1) is 17.8 Å². The van der Waals surface area contributed by atoms with E-state index < -0.39 is 18.0 Å². The van der Waals surface area contributed by atoms with Crippen LogP contribution in [0.25, 0.3) is 0 Å². The van der Waals surface area contributed by atoms with Gasteiger partial charge in [-0.1, -0.05) is 130 Å². The summed E-state index contributed by atoms with van der Waals surface area (Å²) in [6, 6.07) is 0. The number of carboxylic acid groups (broad SMARTS) is 1. The summed E-state index contributed by atoms with van der Waals surface area (Å²) in [5, 5.41) is 19.2. The average molecular weight is 427 g/mol. The third kappa shape index (κ3) is 17.1. The molecule has 0 aliphatic carbocycles. The molecule has 0 bridgehead atoms. The second-order valence-corrected chi connectivity index (χ2v) is 10.0. The van der Waals surface area contributed by atoms with Crippen LogP contribution in [0.5, 0.6) is 0 Å². The Morgan fingerprint density at radius 3 is 1.40 bits per heavy atom. The van der Waals surface area contributed by atoms with Crippen molar-refractivity contribution in [3.05, 3.63) is 0 Å². The van der Waals surface area contributed by atoms with Crippen molar-refractivity contribution in [3.63, 3.8) is 0 Å². The van der Waals surface area contributed by atoms with Gasteiger partial charge in [0.2, 0.25) is 0 Å². The average Bonchev–Trinajstić information content (AvgIpc) is 2.72. The quantitative estimate of drug-likeness (QED) is 0.171. The van der Waals surface area contributed by atoms with Crippen LogP contribution in [0.4, 0.5) is 0 Å². The molecule has 2 N–H and O–H groups in total. The van der Waals surface area contributed by atoms with Gasteiger partial charge in [-0.2, -0.15) is 0 Å². The van der Waals surface area contributed by atoms with Crippen molar-refractivity contribution >= 4 is 5.97 Å². The van der Waals surface area contributed by atoms with Crippen molar-refractivity contribution < 1.29 is 15.0 Å². The van der Waals surface area contributed by atoms with Crippen LogP contribution >= 0.6 is 0 Å². The summed E-state index contributed by atoms with van der Waals surface area (Å²) in [5.41, 5.74) is 0. The fourth-order valence-corrected chi connectivity index (χ4v) is 4.57. The molecule has 0 aromatic rings. The van der Waals surface area contributed by atoms with Gasteiger partial charge in [-0.05, 0) is 25.2 Å². The van der Waals surface area contributed by atoms with Crippen LogP contribution in [0.15, 0.2) is 0 Å². The number of unbranched alkanes of at least 4 members (excludes halogenated alkanes) is 15. The summed E-state index contributed by atoms with van der Waals surface area (Å²) < 4.78 is 0. The first-order valence-corrected chi connectivity index (χ1v) is 13.3. The molecule has 3 nitrogen and oxygen atoms in total. The normalized spacial score (nSPS) is 15.6. The molecule has 180 valence electrons. The summed E-state index contributed by atoms with van der Waals surface area (Å²) >= 11 is 0. The molecule has 0 unspecified atom stereocenters. The molecule has 4 atom stereocenters. The van der Waals surface area contributed by atoms with Crippen LogP contribution < -0.4 is 0 Å². The van der Waals surface area contributed by atoms with Gasteiger partial charge in [0, 0.05) is 0 Å². The van der Waals surface area contributed by atoms with E-state index in [1.54, 1.807) is 6.92 Å².